The van der Waals surface area contributed by atoms with E-state index in [9.17, 15) is 4.79 Å². The fourth-order valence-electron chi connectivity index (χ4n) is 1.69. The fourth-order valence-corrected chi connectivity index (χ4v) is 3.47. The molecule has 0 aliphatic carbocycles. The highest BCUT2D eigenvalue weighted by Gasteiger charge is 2.20. The third-order valence-electron chi connectivity index (χ3n) is 2.45. The van der Waals surface area contributed by atoms with Gasteiger partial charge in [-0.15, -0.1) is 11.3 Å². The van der Waals surface area contributed by atoms with Crippen molar-refractivity contribution in [2.24, 2.45) is 0 Å². The van der Waals surface area contributed by atoms with Gasteiger partial charge in [0.1, 0.15) is 4.88 Å². The predicted molar refractivity (Wildman–Crippen MR) is 66.8 cm³/mol. The summed E-state index contributed by atoms with van der Waals surface area (Å²) in [5.74, 6) is 0.226. The number of piperidine rings is 1. The van der Waals surface area contributed by atoms with E-state index in [1.165, 1.54) is 6.42 Å². The van der Waals surface area contributed by atoms with Gasteiger partial charge in [0.2, 0.25) is 0 Å². The molecule has 4 heteroatoms. The molecule has 1 amide bonds. The Morgan fingerprint density at radius 2 is 2.07 bits per heavy atom. The minimum absolute atomic E-state index is 0.226. The van der Waals surface area contributed by atoms with Gasteiger partial charge in [0.15, 0.2) is 0 Å². The van der Waals surface area contributed by atoms with E-state index >= 15 is 0 Å². The topological polar surface area (TPSA) is 20.3 Å². The molecule has 76 valence electrons. The van der Waals surface area contributed by atoms with Gasteiger partial charge in [-0.25, -0.2) is 0 Å². The number of likely N-dealkylation sites (tertiary alicyclic amines) is 1. The number of hydrogen-bond donors (Lipinski definition) is 0. The molecule has 1 aromatic rings. The third-order valence-corrected chi connectivity index (χ3v) is 4.62. The molecule has 0 aromatic carbocycles. The highest BCUT2D eigenvalue weighted by molar-refractivity contribution is 14.1. The molecule has 0 spiro atoms. The van der Waals surface area contributed by atoms with E-state index in [1.54, 1.807) is 11.3 Å². The van der Waals surface area contributed by atoms with Crippen LogP contribution in [0.4, 0.5) is 0 Å². The number of amides is 1. The zero-order chi connectivity index (χ0) is 9.97. The summed E-state index contributed by atoms with van der Waals surface area (Å²) in [7, 11) is 0. The number of carbonyl (C=O) groups is 1. The van der Waals surface area contributed by atoms with E-state index in [4.69, 9.17) is 0 Å². The maximum absolute atomic E-state index is 12.0. The first-order valence-electron chi connectivity index (χ1n) is 4.81. The number of hydrogen-bond acceptors (Lipinski definition) is 2. The van der Waals surface area contributed by atoms with Crippen molar-refractivity contribution in [1.29, 1.82) is 0 Å². The van der Waals surface area contributed by atoms with E-state index in [-0.39, 0.29) is 5.91 Å². The number of nitrogens with zero attached hydrogens (tertiary/aromatic N) is 1. The van der Waals surface area contributed by atoms with Crippen molar-refractivity contribution in [3.63, 3.8) is 0 Å². The second-order valence-electron chi connectivity index (χ2n) is 3.45. The lowest BCUT2D eigenvalue weighted by molar-refractivity contribution is 0.0728. The van der Waals surface area contributed by atoms with E-state index in [0.29, 0.717) is 0 Å². The number of rotatable bonds is 1. The second kappa shape index (κ2) is 4.61. The average molecular weight is 321 g/mol. The Balaban J connectivity index is 2.11. The van der Waals surface area contributed by atoms with Gasteiger partial charge in [-0.05, 0) is 53.3 Å². The van der Waals surface area contributed by atoms with Gasteiger partial charge >= 0.3 is 0 Å². The van der Waals surface area contributed by atoms with Crippen molar-refractivity contribution < 1.29 is 4.79 Å². The first-order chi connectivity index (χ1) is 6.79. The van der Waals surface area contributed by atoms with E-state index in [0.717, 1.165) is 34.4 Å². The summed E-state index contributed by atoms with van der Waals surface area (Å²) in [6.45, 7) is 1.87. The minimum Gasteiger partial charge on any atom is -0.338 e. The van der Waals surface area contributed by atoms with Crippen LogP contribution in [-0.4, -0.2) is 23.9 Å². The predicted octanol–water partition coefficient (Wildman–Crippen LogP) is 2.98. The molecule has 1 aliphatic rings. The summed E-state index contributed by atoms with van der Waals surface area (Å²) < 4.78 is 1.09. The first kappa shape index (κ1) is 10.4. The van der Waals surface area contributed by atoms with Crippen LogP contribution < -0.4 is 0 Å². The van der Waals surface area contributed by atoms with Crippen molar-refractivity contribution in [2.75, 3.05) is 13.1 Å². The molecule has 0 unspecified atom stereocenters. The standard InChI is InChI=1S/C10H12INOS/c11-8-4-7-14-9(8)10(13)12-5-2-1-3-6-12/h4,7H,1-3,5-6H2. The SMILES string of the molecule is O=C(c1sccc1I)N1CCCCC1. The van der Waals surface area contributed by atoms with Crippen LogP contribution in [0.15, 0.2) is 11.4 Å². The van der Waals surface area contributed by atoms with E-state index in [2.05, 4.69) is 22.6 Å². The maximum Gasteiger partial charge on any atom is 0.265 e. The van der Waals surface area contributed by atoms with Crippen LogP contribution in [0.2, 0.25) is 0 Å². The van der Waals surface area contributed by atoms with E-state index < -0.39 is 0 Å². The van der Waals surface area contributed by atoms with Gasteiger partial charge in [-0.3, -0.25) is 4.79 Å². The quantitative estimate of drug-likeness (QED) is 0.728. The molecule has 1 aromatic heterocycles. The summed E-state index contributed by atoms with van der Waals surface area (Å²) in [5, 5.41) is 1.99. The van der Waals surface area contributed by atoms with Gasteiger partial charge in [-0.2, -0.15) is 0 Å². The molecule has 2 heterocycles. The summed E-state index contributed by atoms with van der Waals surface area (Å²) in [6, 6.07) is 2.00. The van der Waals surface area contributed by atoms with Crippen LogP contribution >= 0.6 is 33.9 Å². The second-order valence-corrected chi connectivity index (χ2v) is 5.53. The molecule has 14 heavy (non-hydrogen) atoms. The lowest BCUT2D eigenvalue weighted by atomic mass is 10.1. The summed E-state index contributed by atoms with van der Waals surface area (Å²) in [5.41, 5.74) is 0. The molecule has 1 saturated heterocycles. The normalized spacial score (nSPS) is 17.1. The average Bonchev–Trinajstić information content (AvgIpc) is 2.65. The maximum atomic E-state index is 12.0. The largest absolute Gasteiger partial charge is 0.338 e. The molecule has 2 nitrogen and oxygen atoms in total. The molecule has 0 radical (unpaired) electrons. The van der Waals surface area contributed by atoms with Crippen LogP contribution in [0.1, 0.15) is 28.9 Å². The van der Waals surface area contributed by atoms with Crippen LogP contribution in [0.25, 0.3) is 0 Å². The molecule has 0 saturated carbocycles. The number of halogens is 1. The first-order valence-corrected chi connectivity index (χ1v) is 6.77. The Morgan fingerprint density at radius 1 is 1.36 bits per heavy atom. The molecule has 0 atom stereocenters. The monoisotopic (exact) mass is 321 g/mol. The Kier molecular flexibility index (Phi) is 3.43. The summed E-state index contributed by atoms with van der Waals surface area (Å²) >= 11 is 3.78. The number of thiophene rings is 1. The number of carbonyl (C=O) groups excluding carboxylic acids is 1. The smallest absolute Gasteiger partial charge is 0.265 e. The zero-order valence-corrected chi connectivity index (χ0v) is 10.8. The van der Waals surface area contributed by atoms with Gasteiger partial charge in [0, 0.05) is 16.7 Å². The van der Waals surface area contributed by atoms with E-state index in [1.807, 2.05) is 16.3 Å². The minimum atomic E-state index is 0.226. The molecule has 2 rings (SSSR count). The fraction of sp³-hybridized carbons (Fsp3) is 0.500. The van der Waals surface area contributed by atoms with Crippen molar-refractivity contribution in [3.05, 3.63) is 19.9 Å². The zero-order valence-electron chi connectivity index (χ0n) is 7.83. The molecular formula is C10H12INOS. The lowest BCUT2D eigenvalue weighted by Gasteiger charge is -2.26. The highest BCUT2D eigenvalue weighted by Crippen LogP contribution is 2.22. The Hall–Kier alpha value is -0.100. The highest BCUT2D eigenvalue weighted by atomic mass is 127. The molecule has 0 N–H and O–H groups in total. The van der Waals surface area contributed by atoms with Gasteiger partial charge in [0.25, 0.3) is 5.91 Å². The third kappa shape index (κ3) is 2.11. The van der Waals surface area contributed by atoms with Crippen molar-refractivity contribution in [1.82, 2.24) is 4.90 Å². The van der Waals surface area contributed by atoms with Crippen LogP contribution in [0.3, 0.4) is 0 Å². The molecule has 1 fully saturated rings. The molecular weight excluding hydrogens is 309 g/mol. The molecule has 1 aliphatic heterocycles. The van der Waals surface area contributed by atoms with Crippen molar-refractivity contribution in [3.8, 4) is 0 Å². The lowest BCUT2D eigenvalue weighted by Crippen LogP contribution is -2.35. The van der Waals surface area contributed by atoms with Crippen LogP contribution in [0, 0.1) is 3.57 Å². The van der Waals surface area contributed by atoms with Crippen molar-refractivity contribution in [2.45, 2.75) is 19.3 Å². The molecule has 0 bridgehead atoms. The van der Waals surface area contributed by atoms with Crippen LogP contribution in [0.5, 0.6) is 0 Å². The van der Waals surface area contributed by atoms with Crippen LogP contribution in [-0.2, 0) is 0 Å². The Labute approximate surface area is 101 Å². The van der Waals surface area contributed by atoms with Gasteiger partial charge in [0.05, 0.1) is 0 Å². The Morgan fingerprint density at radius 3 is 2.64 bits per heavy atom. The van der Waals surface area contributed by atoms with Gasteiger partial charge in [-0.1, -0.05) is 0 Å². The summed E-state index contributed by atoms with van der Waals surface area (Å²) in [4.78, 5) is 14.9. The van der Waals surface area contributed by atoms with Gasteiger partial charge < -0.3 is 4.90 Å². The Bertz CT molecular complexity index is 331. The van der Waals surface area contributed by atoms with Crippen molar-refractivity contribution >= 4 is 39.8 Å². The summed E-state index contributed by atoms with van der Waals surface area (Å²) in [6.07, 6.45) is 3.59.